The minimum Gasteiger partial charge on any atom is -0.265 e. The third-order valence-electron chi connectivity index (χ3n) is 2.35. The number of H-pyrrole nitrogens is 1. The van der Waals surface area contributed by atoms with Crippen LogP contribution in [0, 0.1) is 0 Å². The van der Waals surface area contributed by atoms with Gasteiger partial charge in [-0.1, -0.05) is 13.8 Å². The summed E-state index contributed by atoms with van der Waals surface area (Å²) in [6.45, 7) is 3.98. The maximum absolute atomic E-state index is 11.3. The highest BCUT2D eigenvalue weighted by atomic mass is 79.9. The highest BCUT2D eigenvalue weighted by molar-refractivity contribution is 9.10. The molecule has 0 saturated carbocycles. The van der Waals surface area contributed by atoms with Crippen LogP contribution in [0.3, 0.4) is 0 Å². The van der Waals surface area contributed by atoms with Crippen molar-refractivity contribution in [2.75, 3.05) is 0 Å². The number of rotatable bonds is 3. The van der Waals surface area contributed by atoms with Crippen molar-refractivity contribution in [1.29, 1.82) is 0 Å². The average Bonchev–Trinajstić information content (AvgIpc) is 2.35. The molecular formula is C11H12BrN5O2S. The van der Waals surface area contributed by atoms with Crippen LogP contribution in [0.15, 0.2) is 30.4 Å². The largest absolute Gasteiger partial charge is 0.339 e. The first-order chi connectivity index (χ1) is 9.36. The van der Waals surface area contributed by atoms with Crippen molar-refractivity contribution >= 4 is 27.7 Å². The van der Waals surface area contributed by atoms with E-state index in [4.69, 9.17) is 0 Å². The molecule has 2 aromatic rings. The second-order valence-electron chi connectivity index (χ2n) is 4.34. The zero-order chi connectivity index (χ0) is 14.9. The summed E-state index contributed by atoms with van der Waals surface area (Å²) in [7, 11) is 1.61. The number of hydrogen-bond donors (Lipinski definition) is 1. The fourth-order valence-corrected chi connectivity index (χ4v) is 2.73. The Balaban J connectivity index is 2.42. The molecule has 2 rings (SSSR count). The monoisotopic (exact) mass is 357 g/mol. The van der Waals surface area contributed by atoms with Crippen molar-refractivity contribution in [2.24, 2.45) is 7.05 Å². The number of aromatic amines is 1. The summed E-state index contributed by atoms with van der Waals surface area (Å²) in [5.74, 6) is 0.871. The lowest BCUT2D eigenvalue weighted by Gasteiger charge is -2.08. The number of hydrogen-bond acceptors (Lipinski definition) is 6. The molecule has 0 radical (unpaired) electrons. The summed E-state index contributed by atoms with van der Waals surface area (Å²) in [4.78, 5) is 34.8. The second-order valence-corrected chi connectivity index (χ2v) is 6.14. The van der Waals surface area contributed by atoms with Crippen molar-refractivity contribution < 1.29 is 0 Å². The first-order valence-electron chi connectivity index (χ1n) is 5.76. The summed E-state index contributed by atoms with van der Waals surface area (Å²) >= 11 is 4.51. The van der Waals surface area contributed by atoms with Gasteiger partial charge in [-0.3, -0.25) is 19.4 Å². The third kappa shape index (κ3) is 3.34. The normalized spacial score (nSPS) is 11.1. The summed E-state index contributed by atoms with van der Waals surface area (Å²) < 4.78 is 2.05. The SMILES string of the molecule is CC(C)c1nc(Br)cc(Sc2nc(=O)c(=O)[nH]n2C)n1. The van der Waals surface area contributed by atoms with Gasteiger partial charge in [-0.05, 0) is 27.7 Å². The van der Waals surface area contributed by atoms with Crippen LogP contribution in [0.5, 0.6) is 0 Å². The number of nitrogens with one attached hydrogen (secondary N) is 1. The van der Waals surface area contributed by atoms with E-state index in [9.17, 15) is 9.59 Å². The Kier molecular flexibility index (Phi) is 4.39. The fraction of sp³-hybridized carbons (Fsp3) is 0.364. The van der Waals surface area contributed by atoms with Gasteiger partial charge in [0.1, 0.15) is 15.5 Å². The van der Waals surface area contributed by atoms with Gasteiger partial charge in [0.2, 0.25) is 0 Å². The van der Waals surface area contributed by atoms with Crippen molar-refractivity contribution in [1.82, 2.24) is 24.7 Å². The molecule has 0 unspecified atom stereocenters. The van der Waals surface area contributed by atoms with E-state index in [2.05, 4.69) is 36.0 Å². The Bertz CT molecular complexity index is 755. The van der Waals surface area contributed by atoms with Crippen LogP contribution in [0.25, 0.3) is 0 Å². The quantitative estimate of drug-likeness (QED) is 0.657. The topological polar surface area (TPSA) is 93.5 Å². The standard InChI is InChI=1S/C11H12BrN5O2S/c1-5(2)8-13-6(12)4-7(14-8)20-11-15-9(18)10(19)16-17(11)3/h4-5H,1-3H3,(H,16,19). The summed E-state index contributed by atoms with van der Waals surface area (Å²) in [6.07, 6.45) is 0. The van der Waals surface area contributed by atoms with E-state index in [1.165, 1.54) is 16.4 Å². The van der Waals surface area contributed by atoms with Gasteiger partial charge >= 0.3 is 11.1 Å². The minimum atomic E-state index is -0.817. The molecule has 9 heteroatoms. The average molecular weight is 358 g/mol. The lowest BCUT2D eigenvalue weighted by molar-refractivity contribution is 0.595. The summed E-state index contributed by atoms with van der Waals surface area (Å²) in [5, 5.41) is 3.39. The van der Waals surface area contributed by atoms with E-state index < -0.39 is 11.1 Å². The van der Waals surface area contributed by atoms with Crippen LogP contribution in [-0.4, -0.2) is 24.7 Å². The van der Waals surface area contributed by atoms with E-state index in [1.54, 1.807) is 13.1 Å². The van der Waals surface area contributed by atoms with Crippen molar-refractivity contribution in [2.45, 2.75) is 29.9 Å². The molecule has 0 atom stereocenters. The number of aromatic nitrogens is 5. The fourth-order valence-electron chi connectivity index (χ4n) is 1.37. The molecule has 0 aromatic carbocycles. The van der Waals surface area contributed by atoms with Crippen molar-refractivity contribution in [3.63, 3.8) is 0 Å². The van der Waals surface area contributed by atoms with Gasteiger partial charge in [-0.15, -0.1) is 0 Å². The lowest BCUT2D eigenvalue weighted by atomic mass is 10.2. The van der Waals surface area contributed by atoms with Crippen LogP contribution in [-0.2, 0) is 7.05 Å². The molecule has 20 heavy (non-hydrogen) atoms. The molecule has 0 aliphatic heterocycles. The molecule has 0 fully saturated rings. The predicted molar refractivity (Wildman–Crippen MR) is 78.0 cm³/mol. The maximum atomic E-state index is 11.3. The molecule has 106 valence electrons. The van der Waals surface area contributed by atoms with Crippen molar-refractivity contribution in [3.8, 4) is 0 Å². The predicted octanol–water partition coefficient (Wildman–Crippen LogP) is 1.30. The highest BCUT2D eigenvalue weighted by Crippen LogP contribution is 2.26. The summed E-state index contributed by atoms with van der Waals surface area (Å²) in [5.41, 5.74) is -1.56. The Labute approximate surface area is 127 Å². The molecule has 0 amide bonds. The number of nitrogens with zero attached hydrogens (tertiary/aromatic N) is 4. The number of halogens is 1. The number of aryl methyl sites for hydroxylation is 1. The van der Waals surface area contributed by atoms with Crippen molar-refractivity contribution in [3.05, 3.63) is 37.2 Å². The van der Waals surface area contributed by atoms with Gasteiger partial charge in [0.05, 0.1) is 0 Å². The van der Waals surface area contributed by atoms with Crippen LogP contribution in [0.4, 0.5) is 0 Å². The van der Waals surface area contributed by atoms with E-state index in [0.29, 0.717) is 20.6 Å². The van der Waals surface area contributed by atoms with Crippen LogP contribution >= 0.6 is 27.7 Å². The van der Waals surface area contributed by atoms with Gasteiger partial charge < -0.3 is 0 Å². The molecule has 2 heterocycles. The van der Waals surface area contributed by atoms with E-state index in [1.807, 2.05) is 13.8 Å². The molecule has 0 bridgehead atoms. The molecule has 0 aliphatic carbocycles. The Morgan fingerprint density at radius 2 is 2.00 bits per heavy atom. The van der Waals surface area contributed by atoms with Gasteiger partial charge in [0, 0.05) is 19.0 Å². The Morgan fingerprint density at radius 1 is 1.30 bits per heavy atom. The first-order valence-corrected chi connectivity index (χ1v) is 7.37. The zero-order valence-corrected chi connectivity index (χ0v) is 13.4. The van der Waals surface area contributed by atoms with E-state index >= 15 is 0 Å². The van der Waals surface area contributed by atoms with Gasteiger partial charge in [0.25, 0.3) is 0 Å². The summed E-state index contributed by atoms with van der Waals surface area (Å²) in [6, 6.07) is 1.73. The molecule has 1 N–H and O–H groups in total. The maximum Gasteiger partial charge on any atom is 0.339 e. The Hall–Kier alpha value is -1.48. The van der Waals surface area contributed by atoms with Crippen LogP contribution in [0.1, 0.15) is 25.6 Å². The molecule has 2 aromatic heterocycles. The minimum absolute atomic E-state index is 0.180. The molecule has 0 saturated heterocycles. The molecule has 0 aliphatic rings. The van der Waals surface area contributed by atoms with Gasteiger partial charge in [0.15, 0.2) is 5.16 Å². The highest BCUT2D eigenvalue weighted by Gasteiger charge is 2.11. The second kappa shape index (κ2) is 5.88. The van der Waals surface area contributed by atoms with Crippen LogP contribution in [0.2, 0.25) is 0 Å². The van der Waals surface area contributed by atoms with Gasteiger partial charge in [-0.25, -0.2) is 9.97 Å². The van der Waals surface area contributed by atoms with Crippen LogP contribution < -0.4 is 11.1 Å². The Morgan fingerprint density at radius 3 is 2.65 bits per heavy atom. The third-order valence-corrected chi connectivity index (χ3v) is 3.72. The molecular weight excluding hydrogens is 346 g/mol. The molecule has 7 nitrogen and oxygen atoms in total. The molecule has 0 spiro atoms. The smallest absolute Gasteiger partial charge is 0.265 e. The lowest BCUT2D eigenvalue weighted by Crippen LogP contribution is -2.33. The first kappa shape index (κ1) is 14.9. The zero-order valence-electron chi connectivity index (χ0n) is 11.0. The van der Waals surface area contributed by atoms with Gasteiger partial charge in [-0.2, -0.15) is 4.98 Å². The van der Waals surface area contributed by atoms with E-state index in [0.717, 1.165) is 0 Å². The van der Waals surface area contributed by atoms with E-state index in [-0.39, 0.29) is 5.92 Å².